The number of oxazole rings is 1. The maximum Gasteiger partial charge on any atom is 0.250 e. The summed E-state index contributed by atoms with van der Waals surface area (Å²) >= 11 is 11.1. The molecule has 1 aromatic heterocycles. The molecule has 1 heterocycles. The molecule has 0 aliphatic heterocycles. The Morgan fingerprint density at radius 3 is 2.56 bits per heavy atom. The minimum absolute atomic E-state index is 0.206. The Hall–Kier alpha value is -3.48. The second-order valence-corrected chi connectivity index (χ2v) is 8.81. The highest BCUT2D eigenvalue weighted by molar-refractivity contribution is 7.80. The average Bonchev–Trinajstić information content (AvgIpc) is 3.27. The van der Waals surface area contributed by atoms with Gasteiger partial charge in [0.15, 0.2) is 10.7 Å². The van der Waals surface area contributed by atoms with Gasteiger partial charge in [0.2, 0.25) is 11.8 Å². The van der Waals surface area contributed by atoms with Crippen molar-refractivity contribution in [1.29, 1.82) is 0 Å². The van der Waals surface area contributed by atoms with E-state index in [-0.39, 0.29) is 11.0 Å². The Bertz CT molecular complexity index is 1340. The summed E-state index contributed by atoms with van der Waals surface area (Å²) in [5, 5.41) is 6.49. The first kappa shape index (κ1) is 23.7. The summed E-state index contributed by atoms with van der Waals surface area (Å²) in [6.45, 7) is 4.38. The van der Waals surface area contributed by atoms with E-state index >= 15 is 0 Å². The molecular formula is C27H24ClN3O2S. The van der Waals surface area contributed by atoms with Gasteiger partial charge in [-0.2, -0.15) is 0 Å². The second kappa shape index (κ2) is 10.6. The number of nitrogens with zero attached hydrogens (tertiary/aromatic N) is 1. The van der Waals surface area contributed by atoms with Gasteiger partial charge in [-0.3, -0.25) is 10.1 Å². The van der Waals surface area contributed by atoms with Crippen LogP contribution in [0.1, 0.15) is 37.3 Å². The highest BCUT2D eigenvalue weighted by Gasteiger charge is 2.11. The first-order chi connectivity index (χ1) is 16.4. The van der Waals surface area contributed by atoms with Gasteiger partial charge in [-0.05, 0) is 90.3 Å². The predicted molar refractivity (Wildman–Crippen MR) is 143 cm³/mol. The Morgan fingerprint density at radius 1 is 1.12 bits per heavy atom. The average molecular weight is 490 g/mol. The number of hydrogen-bond donors (Lipinski definition) is 2. The van der Waals surface area contributed by atoms with Crippen molar-refractivity contribution in [2.45, 2.75) is 26.2 Å². The molecule has 0 bridgehead atoms. The molecule has 2 N–H and O–H groups in total. The minimum Gasteiger partial charge on any atom is -0.436 e. The summed E-state index contributed by atoms with van der Waals surface area (Å²) in [5.41, 5.74) is 5.33. The fourth-order valence-corrected chi connectivity index (χ4v) is 3.71. The van der Waals surface area contributed by atoms with Crippen molar-refractivity contribution in [3.63, 3.8) is 0 Å². The maximum atomic E-state index is 12.1. The van der Waals surface area contributed by atoms with E-state index in [1.54, 1.807) is 18.2 Å². The van der Waals surface area contributed by atoms with Crippen molar-refractivity contribution in [3.8, 4) is 11.5 Å². The van der Waals surface area contributed by atoms with Crippen LogP contribution in [0.15, 0.2) is 77.2 Å². The molecule has 5 nitrogen and oxygen atoms in total. The van der Waals surface area contributed by atoms with E-state index in [0.717, 1.165) is 34.3 Å². The molecule has 34 heavy (non-hydrogen) atoms. The van der Waals surface area contributed by atoms with Crippen molar-refractivity contribution >= 4 is 57.7 Å². The van der Waals surface area contributed by atoms with Crippen LogP contribution in [0.3, 0.4) is 0 Å². The fourth-order valence-electron chi connectivity index (χ4n) is 3.37. The Morgan fingerprint density at radius 2 is 1.85 bits per heavy atom. The number of carbonyl (C=O) groups excluding carboxylic acids is 1. The lowest BCUT2D eigenvalue weighted by Crippen LogP contribution is -2.32. The molecule has 0 unspecified atom stereocenters. The molecular weight excluding hydrogens is 466 g/mol. The largest absolute Gasteiger partial charge is 0.436 e. The Labute approximate surface area is 208 Å². The zero-order valence-electron chi connectivity index (χ0n) is 18.8. The lowest BCUT2D eigenvalue weighted by atomic mass is 9.98. The Balaban J connectivity index is 1.37. The van der Waals surface area contributed by atoms with E-state index in [2.05, 4.69) is 41.6 Å². The maximum absolute atomic E-state index is 12.1. The van der Waals surface area contributed by atoms with Gasteiger partial charge >= 0.3 is 0 Å². The molecule has 7 heteroatoms. The van der Waals surface area contributed by atoms with Crippen molar-refractivity contribution < 1.29 is 9.21 Å². The third kappa shape index (κ3) is 5.90. The van der Waals surface area contributed by atoms with Crippen LogP contribution < -0.4 is 10.6 Å². The van der Waals surface area contributed by atoms with Gasteiger partial charge in [0.1, 0.15) is 5.52 Å². The summed E-state index contributed by atoms with van der Waals surface area (Å²) in [5.74, 6) is 0.713. The molecule has 0 saturated heterocycles. The number of fused-ring (bicyclic) bond motifs is 1. The molecule has 0 fully saturated rings. The standard InChI is InChI=1S/C27H24ClN3O2S/c1-3-17(2)20-9-14-24-23(16-20)30-26(33-24)19-7-12-22(13-8-19)29-27(34)31-25(32)15-6-18-4-10-21(28)11-5-18/h4-17H,3H2,1-2H3,(H2,29,31,32,34)/b15-6+/t17-/m0/s1. The van der Waals surface area contributed by atoms with E-state index in [0.29, 0.717) is 16.8 Å². The van der Waals surface area contributed by atoms with Crippen molar-refractivity contribution in [3.05, 3.63) is 89.0 Å². The van der Waals surface area contributed by atoms with E-state index in [9.17, 15) is 4.79 Å². The van der Waals surface area contributed by atoms with Crippen LogP contribution in [0.5, 0.6) is 0 Å². The van der Waals surface area contributed by atoms with E-state index < -0.39 is 0 Å². The van der Waals surface area contributed by atoms with Crippen LogP contribution in [-0.2, 0) is 4.79 Å². The van der Waals surface area contributed by atoms with Crippen LogP contribution in [0, 0.1) is 0 Å². The first-order valence-corrected chi connectivity index (χ1v) is 11.8. The monoisotopic (exact) mass is 489 g/mol. The molecule has 0 radical (unpaired) electrons. The summed E-state index contributed by atoms with van der Waals surface area (Å²) in [7, 11) is 0. The number of anilines is 1. The lowest BCUT2D eigenvalue weighted by Gasteiger charge is -2.08. The SMILES string of the molecule is CC[C@H](C)c1ccc2oc(-c3ccc(NC(=S)NC(=O)/C=C/c4ccc(Cl)cc4)cc3)nc2c1. The van der Waals surface area contributed by atoms with Crippen LogP contribution in [0.4, 0.5) is 5.69 Å². The smallest absolute Gasteiger partial charge is 0.250 e. The topological polar surface area (TPSA) is 67.2 Å². The molecule has 0 aliphatic rings. The third-order valence-electron chi connectivity index (χ3n) is 5.52. The summed E-state index contributed by atoms with van der Waals surface area (Å²) in [4.78, 5) is 16.8. The predicted octanol–water partition coefficient (Wildman–Crippen LogP) is 7.19. The number of nitrogens with one attached hydrogen (secondary N) is 2. The lowest BCUT2D eigenvalue weighted by molar-refractivity contribution is -0.115. The van der Waals surface area contributed by atoms with E-state index in [4.69, 9.17) is 28.2 Å². The summed E-state index contributed by atoms with van der Waals surface area (Å²) < 4.78 is 5.94. The second-order valence-electron chi connectivity index (χ2n) is 7.96. The zero-order valence-corrected chi connectivity index (χ0v) is 20.4. The first-order valence-electron chi connectivity index (χ1n) is 11.0. The van der Waals surface area contributed by atoms with Crippen LogP contribution in [-0.4, -0.2) is 16.0 Å². The fraction of sp³-hybridized carbons (Fsp3) is 0.148. The number of halogens is 1. The number of rotatable bonds is 6. The van der Waals surface area contributed by atoms with E-state index in [1.807, 2.05) is 42.5 Å². The van der Waals surface area contributed by atoms with Crippen molar-refractivity contribution in [2.24, 2.45) is 0 Å². The highest BCUT2D eigenvalue weighted by Crippen LogP contribution is 2.28. The third-order valence-corrected chi connectivity index (χ3v) is 5.97. The number of thiocarbonyl (C=S) groups is 1. The number of carbonyl (C=O) groups is 1. The number of hydrogen-bond acceptors (Lipinski definition) is 4. The molecule has 0 aliphatic carbocycles. The van der Waals surface area contributed by atoms with Gasteiger partial charge in [-0.1, -0.05) is 43.6 Å². The molecule has 172 valence electrons. The highest BCUT2D eigenvalue weighted by atomic mass is 35.5. The van der Waals surface area contributed by atoms with Gasteiger partial charge < -0.3 is 9.73 Å². The van der Waals surface area contributed by atoms with Gasteiger partial charge in [0.05, 0.1) is 0 Å². The molecule has 0 spiro atoms. The van der Waals surface area contributed by atoms with Crippen LogP contribution >= 0.6 is 23.8 Å². The van der Waals surface area contributed by atoms with Crippen molar-refractivity contribution in [2.75, 3.05) is 5.32 Å². The minimum atomic E-state index is -0.327. The van der Waals surface area contributed by atoms with Crippen molar-refractivity contribution in [1.82, 2.24) is 10.3 Å². The molecule has 0 saturated carbocycles. The quantitative estimate of drug-likeness (QED) is 0.221. The van der Waals surface area contributed by atoms with E-state index in [1.165, 1.54) is 11.6 Å². The summed E-state index contributed by atoms with van der Waals surface area (Å²) in [6.07, 6.45) is 4.18. The van der Waals surface area contributed by atoms with Gasteiger partial charge in [0.25, 0.3) is 0 Å². The zero-order chi connectivity index (χ0) is 24.1. The van der Waals surface area contributed by atoms with Gasteiger partial charge in [-0.25, -0.2) is 4.98 Å². The molecule has 3 aromatic carbocycles. The number of benzene rings is 3. The molecule has 4 rings (SSSR count). The van der Waals surface area contributed by atoms with Crippen LogP contribution in [0.25, 0.3) is 28.6 Å². The molecule has 4 aromatic rings. The van der Waals surface area contributed by atoms with Gasteiger partial charge in [0, 0.05) is 22.3 Å². The van der Waals surface area contributed by atoms with Crippen LogP contribution in [0.2, 0.25) is 5.02 Å². The normalized spacial score (nSPS) is 12.1. The molecule has 1 atom stereocenters. The number of amides is 1. The molecule has 1 amide bonds. The Kier molecular flexibility index (Phi) is 7.40. The summed E-state index contributed by atoms with van der Waals surface area (Å²) in [6, 6.07) is 20.9. The number of aromatic nitrogens is 1. The van der Waals surface area contributed by atoms with Gasteiger partial charge in [-0.15, -0.1) is 0 Å².